The van der Waals surface area contributed by atoms with Crippen molar-refractivity contribution in [1.29, 1.82) is 0 Å². The van der Waals surface area contributed by atoms with E-state index >= 15 is 0 Å². The van der Waals surface area contributed by atoms with Gasteiger partial charge in [0.2, 0.25) is 8.87 Å². The Balaban J connectivity index is 1.69. The maximum Gasteiger partial charge on any atom is 0.356 e. The smallest absolute Gasteiger partial charge is 0.356 e. The number of nitrogens with zero attached hydrogens (tertiary/aromatic N) is 2. The summed E-state index contributed by atoms with van der Waals surface area (Å²) in [4.78, 5) is 48.3. The number of hydrogen-bond donors (Lipinski definition) is 2. The van der Waals surface area contributed by atoms with E-state index < -0.39 is 81.8 Å². The van der Waals surface area contributed by atoms with Gasteiger partial charge in [-0.1, -0.05) is 48.0 Å². The number of nitrogens with one attached hydrogen (secondary N) is 1. The van der Waals surface area contributed by atoms with Crippen LogP contribution in [0.5, 0.6) is 5.75 Å². The molecule has 1 aliphatic rings. The van der Waals surface area contributed by atoms with Crippen molar-refractivity contribution in [1.82, 2.24) is 10.2 Å². The van der Waals surface area contributed by atoms with Crippen LogP contribution in [-0.2, 0) is 37.6 Å². The number of amides is 2. The number of carboxylic acids is 1. The van der Waals surface area contributed by atoms with Crippen molar-refractivity contribution < 1.29 is 50.2 Å². The fraction of sp³-hybridized carbons (Fsp3) is 0.179. The van der Waals surface area contributed by atoms with Gasteiger partial charge < -0.3 is 19.3 Å². The predicted octanol–water partition coefficient (Wildman–Crippen LogP) is 2.78. The number of aliphatic carboxylic acids is 1. The van der Waals surface area contributed by atoms with Crippen molar-refractivity contribution in [2.24, 2.45) is 0 Å². The van der Waals surface area contributed by atoms with E-state index in [4.69, 9.17) is 8.92 Å². The number of hydrogen-bond acceptors (Lipinski definition) is 12. The van der Waals surface area contributed by atoms with E-state index in [1.54, 1.807) is 37.3 Å². The number of carbonyl (C=O) groups is 3. The van der Waals surface area contributed by atoms with Crippen LogP contribution >= 0.6 is 10.8 Å². The monoisotopic (exact) mass is 691 g/mol. The minimum atomic E-state index is -5.03. The largest absolute Gasteiger partial charge is 0.484 e. The lowest BCUT2D eigenvalue weighted by molar-refractivity contribution is -0.387. The summed E-state index contributed by atoms with van der Waals surface area (Å²) in [5.74, 6) is -4.41. The summed E-state index contributed by atoms with van der Waals surface area (Å²) in [6.45, 7) is 2.02. The van der Waals surface area contributed by atoms with Crippen LogP contribution in [0, 0.1) is 17.0 Å². The number of benzene rings is 3. The topological polar surface area (TPSA) is 217 Å². The first kappa shape index (κ1) is 33.9. The Morgan fingerprint density at radius 3 is 2.22 bits per heavy atom. The average molecular weight is 692 g/mol. The molecule has 0 radical (unpaired) electrons. The zero-order valence-corrected chi connectivity index (χ0v) is 26.4. The second-order valence-electron chi connectivity index (χ2n) is 9.58. The van der Waals surface area contributed by atoms with E-state index in [0.717, 1.165) is 24.6 Å². The van der Waals surface area contributed by atoms with Gasteiger partial charge in [-0.05, 0) is 44.2 Å². The fourth-order valence-corrected chi connectivity index (χ4v) is 8.81. The van der Waals surface area contributed by atoms with E-state index in [-0.39, 0.29) is 15.7 Å². The number of allylic oxidation sites excluding steroid dienone is 1. The summed E-state index contributed by atoms with van der Waals surface area (Å²) in [5.41, 5.74) is -1.18. The maximum atomic E-state index is 13.4. The molecule has 0 aliphatic carbocycles. The lowest BCUT2D eigenvalue weighted by Gasteiger charge is -2.45. The molecule has 0 aromatic heterocycles. The molecule has 1 heterocycles. The molecular formula is C28H25N3O12S3. The number of aryl methyl sites for hydroxylation is 1. The van der Waals surface area contributed by atoms with Crippen LogP contribution in [0.1, 0.15) is 12.5 Å². The molecule has 1 saturated heterocycles. The number of β-lactam (4-membered cyclic amide) rings is 1. The van der Waals surface area contributed by atoms with Gasteiger partial charge in [-0.2, -0.15) is 8.42 Å². The van der Waals surface area contributed by atoms with Crippen molar-refractivity contribution in [2.75, 3.05) is 6.61 Å². The standard InChI is InChI=1S/C28H25N3O12S3/c1-17-12-14-20(15-13-17)46(40,41)44-27-24(29-23(32)16-42-19-8-4-3-5-9-19)26(33)30(27)25(28(34)35)18(2)43-45(38,39)22-11-7-6-10-21(22)31(36)37/h3-15,24,27H,16H2,1-2H3,(H,29,32)(H,34,35)/t24-,27-/m1/s1. The van der Waals surface area contributed by atoms with Crippen molar-refractivity contribution in [3.8, 4) is 5.75 Å². The number of nitro benzene ring substituents is 1. The average Bonchev–Trinajstić information content (AvgIpc) is 3.01. The molecule has 1 aliphatic heterocycles. The number of likely N-dealkylation sites (tertiary alicyclic amines) is 1. The van der Waals surface area contributed by atoms with Crippen LogP contribution in [0.2, 0.25) is 0 Å². The molecular weight excluding hydrogens is 667 g/mol. The Bertz CT molecular complexity index is 1930. The third-order valence-corrected chi connectivity index (χ3v) is 11.4. The van der Waals surface area contributed by atoms with Crippen molar-refractivity contribution >= 4 is 53.3 Å². The predicted molar refractivity (Wildman–Crippen MR) is 162 cm³/mol. The Labute approximate surface area is 266 Å². The second kappa shape index (κ2) is 13.6. The molecule has 0 saturated carbocycles. The molecule has 4 rings (SSSR count). The molecule has 18 heteroatoms. The summed E-state index contributed by atoms with van der Waals surface area (Å²) in [6.07, 6.45) is 0. The van der Waals surface area contributed by atoms with Gasteiger partial charge in [0.25, 0.3) is 17.5 Å². The summed E-state index contributed by atoms with van der Waals surface area (Å²) in [7, 11) is -9.19. The lowest BCUT2D eigenvalue weighted by atomic mass is 10.1. The van der Waals surface area contributed by atoms with Gasteiger partial charge in [0.05, 0.1) is 9.82 Å². The highest BCUT2D eigenvalue weighted by Gasteiger charge is 2.55. The minimum Gasteiger partial charge on any atom is -0.484 e. The molecule has 2 N–H and O–H groups in total. The molecule has 1 fully saturated rings. The van der Waals surface area contributed by atoms with Crippen LogP contribution in [0.4, 0.5) is 5.69 Å². The Morgan fingerprint density at radius 2 is 1.61 bits per heavy atom. The van der Waals surface area contributed by atoms with E-state index in [1.807, 2.05) is 0 Å². The zero-order valence-electron chi connectivity index (χ0n) is 23.9. The zero-order chi connectivity index (χ0) is 33.8. The van der Waals surface area contributed by atoms with Crippen LogP contribution in [0.3, 0.4) is 0 Å². The molecule has 0 spiro atoms. The van der Waals surface area contributed by atoms with Crippen molar-refractivity contribution in [2.45, 2.75) is 35.1 Å². The number of carbonyl (C=O) groups excluding carboxylic acids is 2. The minimum absolute atomic E-state index is 0.138. The summed E-state index contributed by atoms with van der Waals surface area (Å²) in [5, 5.41) is 22.1. The summed E-state index contributed by atoms with van der Waals surface area (Å²) in [6, 6.07) is 16.4. The van der Waals surface area contributed by atoms with Crippen LogP contribution < -0.4 is 10.1 Å². The number of nitro groups is 1. The first-order valence-electron chi connectivity index (χ1n) is 13.0. The van der Waals surface area contributed by atoms with Crippen molar-refractivity contribution in [3.05, 3.63) is 106 Å². The Hall–Kier alpha value is -4.94. The molecule has 46 heavy (non-hydrogen) atoms. The lowest BCUT2D eigenvalue weighted by Crippen LogP contribution is -2.70. The van der Waals surface area contributed by atoms with Gasteiger partial charge in [0, 0.05) is 16.9 Å². The summed E-state index contributed by atoms with van der Waals surface area (Å²) >= 11 is 0. The fourth-order valence-electron chi connectivity index (χ4n) is 4.20. The van der Waals surface area contributed by atoms with Gasteiger partial charge in [0.15, 0.2) is 17.2 Å². The van der Waals surface area contributed by atoms with Gasteiger partial charge in [-0.25, -0.2) is 13.2 Å². The normalized spacial score (nSPS) is 16.9. The summed E-state index contributed by atoms with van der Waals surface area (Å²) < 4.78 is 63.0. The number of ether oxygens (including phenoxy) is 1. The molecule has 0 unspecified atom stereocenters. The highest BCUT2D eigenvalue weighted by Crippen LogP contribution is 2.41. The molecule has 15 nitrogen and oxygen atoms in total. The second-order valence-corrected chi connectivity index (χ2v) is 15.0. The van der Waals surface area contributed by atoms with Crippen LogP contribution in [0.15, 0.2) is 100 Å². The third kappa shape index (κ3) is 7.47. The van der Waals surface area contributed by atoms with E-state index in [0.29, 0.717) is 10.6 Å². The third-order valence-electron chi connectivity index (χ3n) is 6.35. The maximum absolute atomic E-state index is 13.4. The Morgan fingerprint density at radius 1 is 1.00 bits per heavy atom. The van der Waals surface area contributed by atoms with Gasteiger partial charge in [-0.15, -0.1) is 0 Å². The molecule has 3 aromatic rings. The van der Waals surface area contributed by atoms with Crippen molar-refractivity contribution in [3.63, 3.8) is 0 Å². The Kier molecular flexibility index (Phi) is 10.0. The van der Waals surface area contributed by atoms with Gasteiger partial charge in [0.1, 0.15) is 22.9 Å². The number of para-hydroxylation sites is 2. The SMILES string of the molecule is CC(OS(=O)(=O)c1ccccc1[N+](=O)[O-])=C(C(=O)O)N1C(=O)[C@@H](NC(=O)COc2ccccc2)[C@H]1SS(=O)(=O)c1ccc(C)cc1. The molecule has 0 bridgehead atoms. The highest BCUT2D eigenvalue weighted by molar-refractivity contribution is 8.72. The molecule has 242 valence electrons. The first-order chi connectivity index (χ1) is 21.6. The van der Waals surface area contributed by atoms with Gasteiger partial charge in [-0.3, -0.25) is 24.6 Å². The van der Waals surface area contributed by atoms with E-state index in [2.05, 4.69) is 5.32 Å². The number of carboxylic acid groups (broad SMARTS) is 1. The van der Waals surface area contributed by atoms with Crippen LogP contribution in [-0.4, -0.2) is 67.6 Å². The molecule has 2 atom stereocenters. The quantitative estimate of drug-likeness (QED) is 0.0502. The molecule has 3 aromatic carbocycles. The molecule has 2 amide bonds. The first-order valence-corrected chi connectivity index (χ1v) is 17.3. The van der Waals surface area contributed by atoms with Crippen LogP contribution in [0.25, 0.3) is 0 Å². The number of rotatable bonds is 13. The highest BCUT2D eigenvalue weighted by atomic mass is 33.1. The van der Waals surface area contributed by atoms with Gasteiger partial charge >= 0.3 is 16.1 Å². The van der Waals surface area contributed by atoms with E-state index in [9.17, 15) is 46.4 Å². The van der Waals surface area contributed by atoms with E-state index in [1.165, 1.54) is 36.4 Å².